The summed E-state index contributed by atoms with van der Waals surface area (Å²) in [5.41, 5.74) is 9.27. The van der Waals surface area contributed by atoms with E-state index in [1.807, 2.05) is 0 Å². The SMILES string of the molecule is CCCc1cc2cc(C)cc(Br)c2nc1N. The van der Waals surface area contributed by atoms with Crippen LogP contribution in [-0.4, -0.2) is 4.98 Å². The Kier molecular flexibility index (Phi) is 3.15. The number of anilines is 1. The summed E-state index contributed by atoms with van der Waals surface area (Å²) in [6, 6.07) is 6.36. The van der Waals surface area contributed by atoms with Crippen molar-refractivity contribution in [1.29, 1.82) is 0 Å². The zero-order chi connectivity index (χ0) is 11.7. The second-order valence-electron chi connectivity index (χ2n) is 4.10. The summed E-state index contributed by atoms with van der Waals surface area (Å²) in [6.45, 7) is 4.23. The largest absolute Gasteiger partial charge is 0.383 e. The number of halogens is 1. The Hall–Kier alpha value is -1.09. The van der Waals surface area contributed by atoms with Crippen LogP contribution in [-0.2, 0) is 6.42 Å². The number of nitrogens with two attached hydrogens (primary N) is 1. The van der Waals surface area contributed by atoms with Crippen molar-refractivity contribution in [1.82, 2.24) is 4.98 Å². The van der Waals surface area contributed by atoms with Crippen molar-refractivity contribution >= 4 is 32.7 Å². The first kappa shape index (κ1) is 11.4. The molecule has 0 aliphatic carbocycles. The molecule has 0 amide bonds. The van der Waals surface area contributed by atoms with Crippen molar-refractivity contribution in [3.8, 4) is 0 Å². The molecule has 2 nitrogen and oxygen atoms in total. The van der Waals surface area contributed by atoms with Gasteiger partial charge in [0.2, 0.25) is 0 Å². The quantitative estimate of drug-likeness (QED) is 0.907. The molecule has 0 spiro atoms. The second-order valence-corrected chi connectivity index (χ2v) is 4.96. The van der Waals surface area contributed by atoms with E-state index in [1.54, 1.807) is 0 Å². The van der Waals surface area contributed by atoms with E-state index in [4.69, 9.17) is 5.73 Å². The highest BCUT2D eigenvalue weighted by atomic mass is 79.9. The van der Waals surface area contributed by atoms with Crippen molar-refractivity contribution in [3.63, 3.8) is 0 Å². The highest BCUT2D eigenvalue weighted by Gasteiger charge is 2.06. The van der Waals surface area contributed by atoms with Gasteiger partial charge in [0, 0.05) is 9.86 Å². The third kappa shape index (κ3) is 2.05. The van der Waals surface area contributed by atoms with Gasteiger partial charge in [0.15, 0.2) is 0 Å². The van der Waals surface area contributed by atoms with Gasteiger partial charge >= 0.3 is 0 Å². The van der Waals surface area contributed by atoms with E-state index in [2.05, 4.69) is 53.0 Å². The second kappa shape index (κ2) is 4.42. The van der Waals surface area contributed by atoms with Gasteiger partial charge in [0.05, 0.1) is 5.52 Å². The highest BCUT2D eigenvalue weighted by Crippen LogP contribution is 2.27. The maximum atomic E-state index is 5.95. The van der Waals surface area contributed by atoms with Gasteiger partial charge in [-0.3, -0.25) is 0 Å². The lowest BCUT2D eigenvalue weighted by atomic mass is 10.1. The van der Waals surface area contributed by atoms with Gasteiger partial charge in [0.25, 0.3) is 0 Å². The molecule has 0 atom stereocenters. The monoisotopic (exact) mass is 278 g/mol. The Morgan fingerprint density at radius 3 is 2.75 bits per heavy atom. The Morgan fingerprint density at radius 2 is 2.06 bits per heavy atom. The van der Waals surface area contributed by atoms with Crippen LogP contribution in [0, 0.1) is 6.92 Å². The van der Waals surface area contributed by atoms with Crippen LogP contribution in [0.25, 0.3) is 10.9 Å². The van der Waals surface area contributed by atoms with E-state index >= 15 is 0 Å². The van der Waals surface area contributed by atoms with Gasteiger partial charge < -0.3 is 5.73 Å². The molecule has 0 radical (unpaired) electrons. The molecule has 0 saturated carbocycles. The molecular weight excluding hydrogens is 264 g/mol. The third-order valence-corrected chi connectivity index (χ3v) is 3.25. The summed E-state index contributed by atoms with van der Waals surface area (Å²) in [4.78, 5) is 4.47. The van der Waals surface area contributed by atoms with Gasteiger partial charge in [-0.25, -0.2) is 4.98 Å². The number of fused-ring (bicyclic) bond motifs is 1. The molecule has 84 valence electrons. The summed E-state index contributed by atoms with van der Waals surface area (Å²) in [7, 11) is 0. The van der Waals surface area contributed by atoms with Crippen molar-refractivity contribution in [2.75, 3.05) is 5.73 Å². The van der Waals surface area contributed by atoms with Crippen molar-refractivity contribution in [2.24, 2.45) is 0 Å². The fourth-order valence-electron chi connectivity index (χ4n) is 1.91. The van der Waals surface area contributed by atoms with Crippen LogP contribution in [0.2, 0.25) is 0 Å². The van der Waals surface area contributed by atoms with Crippen LogP contribution < -0.4 is 5.73 Å². The maximum absolute atomic E-state index is 5.95. The average Bonchev–Trinajstić information content (AvgIpc) is 2.21. The maximum Gasteiger partial charge on any atom is 0.127 e. The minimum Gasteiger partial charge on any atom is -0.383 e. The molecular formula is C13H15BrN2. The van der Waals surface area contributed by atoms with Crippen LogP contribution >= 0.6 is 15.9 Å². The van der Waals surface area contributed by atoms with Gasteiger partial charge in [-0.1, -0.05) is 13.3 Å². The molecule has 1 aromatic carbocycles. The van der Waals surface area contributed by atoms with Crippen LogP contribution in [0.5, 0.6) is 0 Å². The van der Waals surface area contributed by atoms with Gasteiger partial charge in [-0.15, -0.1) is 0 Å². The zero-order valence-electron chi connectivity index (χ0n) is 9.55. The van der Waals surface area contributed by atoms with Crippen LogP contribution in [0.1, 0.15) is 24.5 Å². The molecule has 1 aromatic heterocycles. The molecule has 0 aliphatic heterocycles. The van der Waals surface area contributed by atoms with Gasteiger partial charge in [0.1, 0.15) is 5.82 Å². The summed E-state index contributed by atoms with van der Waals surface area (Å²) in [6.07, 6.45) is 2.07. The first-order chi connectivity index (χ1) is 7.61. The van der Waals surface area contributed by atoms with Crippen LogP contribution in [0.3, 0.4) is 0 Å². The lowest BCUT2D eigenvalue weighted by molar-refractivity contribution is 0.921. The smallest absolute Gasteiger partial charge is 0.127 e. The summed E-state index contributed by atoms with van der Waals surface area (Å²) in [5.74, 6) is 0.652. The van der Waals surface area contributed by atoms with E-state index in [9.17, 15) is 0 Å². The number of rotatable bonds is 2. The molecule has 2 aromatic rings. The lowest BCUT2D eigenvalue weighted by Crippen LogP contribution is -1.98. The van der Waals surface area contributed by atoms with Crippen LogP contribution in [0.15, 0.2) is 22.7 Å². The third-order valence-electron chi connectivity index (χ3n) is 2.65. The number of hydrogen-bond donors (Lipinski definition) is 1. The Balaban J connectivity index is 2.69. The fraction of sp³-hybridized carbons (Fsp3) is 0.308. The molecule has 0 aliphatic rings. The molecule has 2 N–H and O–H groups in total. The van der Waals surface area contributed by atoms with Gasteiger partial charge in [-0.05, 0) is 58.6 Å². The predicted molar refractivity (Wildman–Crippen MR) is 72.6 cm³/mol. The number of nitrogens with zero attached hydrogens (tertiary/aromatic N) is 1. The predicted octanol–water partition coefficient (Wildman–Crippen LogP) is 3.84. The van der Waals surface area contributed by atoms with Crippen LogP contribution in [0.4, 0.5) is 5.82 Å². The number of nitrogen functional groups attached to an aromatic ring is 1. The number of aromatic nitrogens is 1. The van der Waals surface area contributed by atoms with E-state index in [0.717, 1.165) is 33.8 Å². The van der Waals surface area contributed by atoms with E-state index in [1.165, 1.54) is 5.56 Å². The average molecular weight is 279 g/mol. The summed E-state index contributed by atoms with van der Waals surface area (Å²) >= 11 is 3.53. The molecule has 0 unspecified atom stereocenters. The number of hydrogen-bond acceptors (Lipinski definition) is 2. The zero-order valence-corrected chi connectivity index (χ0v) is 11.1. The molecule has 0 fully saturated rings. The number of aryl methyl sites for hydroxylation is 2. The topological polar surface area (TPSA) is 38.9 Å². The van der Waals surface area contributed by atoms with Crippen molar-refractivity contribution in [2.45, 2.75) is 26.7 Å². The molecule has 0 saturated heterocycles. The lowest BCUT2D eigenvalue weighted by Gasteiger charge is -2.08. The van der Waals surface area contributed by atoms with E-state index in [0.29, 0.717) is 5.82 Å². The molecule has 16 heavy (non-hydrogen) atoms. The van der Waals surface area contributed by atoms with E-state index in [-0.39, 0.29) is 0 Å². The Bertz CT molecular complexity index is 535. The van der Waals surface area contributed by atoms with Crippen molar-refractivity contribution in [3.05, 3.63) is 33.8 Å². The fourth-order valence-corrected chi connectivity index (χ4v) is 2.59. The van der Waals surface area contributed by atoms with E-state index < -0.39 is 0 Å². The Morgan fingerprint density at radius 1 is 1.31 bits per heavy atom. The summed E-state index contributed by atoms with van der Waals surface area (Å²) in [5, 5.41) is 1.16. The molecule has 1 heterocycles. The normalized spacial score (nSPS) is 10.9. The molecule has 0 bridgehead atoms. The highest BCUT2D eigenvalue weighted by molar-refractivity contribution is 9.10. The summed E-state index contributed by atoms with van der Waals surface area (Å²) < 4.78 is 1.01. The minimum absolute atomic E-state index is 0.652. The Labute approximate surface area is 104 Å². The first-order valence-electron chi connectivity index (χ1n) is 5.47. The number of pyridine rings is 1. The molecule has 2 rings (SSSR count). The first-order valence-corrected chi connectivity index (χ1v) is 6.26. The number of benzene rings is 1. The minimum atomic E-state index is 0.652. The standard InChI is InChI=1S/C13H15BrN2/c1-3-4-9-7-10-5-8(2)6-11(14)12(10)16-13(9)15/h5-7H,3-4H2,1-2H3,(H2,15,16). The molecule has 3 heteroatoms. The van der Waals surface area contributed by atoms with Gasteiger partial charge in [-0.2, -0.15) is 0 Å². The van der Waals surface area contributed by atoms with Crippen molar-refractivity contribution < 1.29 is 0 Å².